The molecule has 2 aromatic rings. The third-order valence-electron chi connectivity index (χ3n) is 3.91. The van der Waals surface area contributed by atoms with Crippen LogP contribution in [-0.2, 0) is 5.54 Å². The van der Waals surface area contributed by atoms with Gasteiger partial charge in [-0.15, -0.1) is 0 Å². The molecule has 2 nitrogen and oxygen atoms in total. The lowest BCUT2D eigenvalue weighted by Gasteiger charge is -2.28. The lowest BCUT2D eigenvalue weighted by molar-refractivity contribution is 0.690. The van der Waals surface area contributed by atoms with E-state index in [1.165, 1.54) is 5.69 Å². The van der Waals surface area contributed by atoms with Crippen molar-refractivity contribution in [2.45, 2.75) is 5.54 Å². The molecule has 1 heterocycles. The Hall–Kier alpha value is -2.61. The molecule has 0 amide bonds. The molecule has 1 radical (unpaired) electrons. The number of nitrogens with zero attached hydrogens (tertiary/aromatic N) is 2. The van der Waals surface area contributed by atoms with Crippen molar-refractivity contribution in [2.75, 3.05) is 19.0 Å². The Morgan fingerprint density at radius 3 is 2.23 bits per heavy atom. The van der Waals surface area contributed by atoms with Crippen molar-refractivity contribution in [3.05, 3.63) is 90.0 Å². The van der Waals surface area contributed by atoms with Gasteiger partial charge in [-0.1, -0.05) is 48.6 Å². The molecule has 0 saturated carbocycles. The minimum absolute atomic E-state index is 0.483. The van der Waals surface area contributed by atoms with E-state index in [0.29, 0.717) is 0 Å². The van der Waals surface area contributed by atoms with Gasteiger partial charge in [-0.25, -0.2) is 0 Å². The van der Waals surface area contributed by atoms with E-state index < -0.39 is 5.54 Å². The molecule has 1 aliphatic rings. The highest BCUT2D eigenvalue weighted by Crippen LogP contribution is 2.36. The van der Waals surface area contributed by atoms with Crippen molar-refractivity contribution >= 4 is 11.9 Å². The summed E-state index contributed by atoms with van der Waals surface area (Å²) in [6.07, 6.45) is 10.0. The van der Waals surface area contributed by atoms with Gasteiger partial charge in [0.1, 0.15) is 5.54 Å². The minimum atomic E-state index is -0.483. The minimum Gasteiger partial charge on any atom is -0.378 e. The molecule has 0 aliphatic carbocycles. The smallest absolute Gasteiger partial charge is 0.129 e. The summed E-state index contributed by atoms with van der Waals surface area (Å²) < 4.78 is 0. The van der Waals surface area contributed by atoms with Gasteiger partial charge in [-0.3, -0.25) is 4.99 Å². The van der Waals surface area contributed by atoms with Crippen molar-refractivity contribution in [3.8, 4) is 0 Å². The molecule has 0 bridgehead atoms. The molecular formula is C20H19N2. The second-order valence-corrected chi connectivity index (χ2v) is 5.52. The zero-order valence-corrected chi connectivity index (χ0v) is 12.9. The second-order valence-electron chi connectivity index (χ2n) is 5.52. The van der Waals surface area contributed by atoms with Gasteiger partial charge in [0.05, 0.1) is 0 Å². The van der Waals surface area contributed by atoms with Gasteiger partial charge in [0, 0.05) is 26.0 Å². The van der Waals surface area contributed by atoms with Crippen molar-refractivity contribution in [1.29, 1.82) is 0 Å². The highest BCUT2D eigenvalue weighted by Gasteiger charge is 2.30. The monoisotopic (exact) mass is 287 g/mol. The summed E-state index contributed by atoms with van der Waals surface area (Å²) in [5.74, 6) is 0. The maximum atomic E-state index is 4.84. The fourth-order valence-electron chi connectivity index (χ4n) is 2.68. The van der Waals surface area contributed by atoms with Crippen molar-refractivity contribution in [1.82, 2.24) is 0 Å². The van der Waals surface area contributed by atoms with E-state index in [-0.39, 0.29) is 0 Å². The quantitative estimate of drug-likeness (QED) is 0.833. The molecule has 1 unspecified atom stereocenters. The van der Waals surface area contributed by atoms with Crippen LogP contribution in [0.15, 0.2) is 77.8 Å². The fourth-order valence-corrected chi connectivity index (χ4v) is 2.68. The summed E-state index contributed by atoms with van der Waals surface area (Å²) in [5, 5.41) is 0. The lowest BCUT2D eigenvalue weighted by Crippen LogP contribution is -2.23. The van der Waals surface area contributed by atoms with Gasteiger partial charge in [0.15, 0.2) is 0 Å². The number of anilines is 1. The van der Waals surface area contributed by atoms with Crippen LogP contribution in [0.1, 0.15) is 11.1 Å². The highest BCUT2D eigenvalue weighted by atomic mass is 15.1. The van der Waals surface area contributed by atoms with Crippen LogP contribution in [0.5, 0.6) is 0 Å². The lowest BCUT2D eigenvalue weighted by atomic mass is 9.83. The molecule has 0 saturated heterocycles. The molecule has 1 atom stereocenters. The standard InChI is InChI=1S/C20H19N2/c1-22(2)19-13-11-18(12-14-19)20(15-7-4-8-16-21-20)17-9-5-3-6-10-17/h4-16H,1-2H3. The predicted octanol–water partition coefficient (Wildman–Crippen LogP) is 3.99. The summed E-state index contributed by atoms with van der Waals surface area (Å²) >= 11 is 0. The van der Waals surface area contributed by atoms with E-state index in [0.717, 1.165) is 11.1 Å². The molecule has 2 heteroatoms. The van der Waals surface area contributed by atoms with Gasteiger partial charge in [-0.2, -0.15) is 0 Å². The van der Waals surface area contributed by atoms with Crippen LogP contribution in [0.25, 0.3) is 0 Å². The largest absolute Gasteiger partial charge is 0.378 e. The summed E-state index contributed by atoms with van der Waals surface area (Å²) in [4.78, 5) is 6.94. The first-order valence-electron chi connectivity index (χ1n) is 7.36. The van der Waals surface area contributed by atoms with Crippen LogP contribution in [0, 0.1) is 6.07 Å². The molecule has 0 fully saturated rings. The van der Waals surface area contributed by atoms with Crippen LogP contribution in [0.4, 0.5) is 5.69 Å². The average Bonchev–Trinajstić information content (AvgIpc) is 2.83. The molecule has 109 valence electrons. The van der Waals surface area contributed by atoms with E-state index in [1.54, 1.807) is 0 Å². The summed E-state index contributed by atoms with van der Waals surface area (Å²) in [7, 11) is 4.09. The first-order chi connectivity index (χ1) is 10.7. The van der Waals surface area contributed by atoms with Gasteiger partial charge in [0.25, 0.3) is 0 Å². The highest BCUT2D eigenvalue weighted by molar-refractivity contribution is 5.74. The van der Waals surface area contributed by atoms with Gasteiger partial charge < -0.3 is 4.90 Å². The van der Waals surface area contributed by atoms with Crippen LogP contribution in [0.3, 0.4) is 0 Å². The summed E-state index contributed by atoms with van der Waals surface area (Å²) in [5.41, 5.74) is 2.99. The summed E-state index contributed by atoms with van der Waals surface area (Å²) in [6, 6.07) is 19.7. The number of allylic oxidation sites excluding steroid dienone is 3. The second kappa shape index (κ2) is 6.02. The Balaban J connectivity index is 2.14. The summed E-state index contributed by atoms with van der Waals surface area (Å²) in [6.45, 7) is 0. The topological polar surface area (TPSA) is 15.6 Å². The molecule has 0 aromatic heterocycles. The van der Waals surface area contributed by atoms with Crippen molar-refractivity contribution in [2.24, 2.45) is 4.99 Å². The third-order valence-corrected chi connectivity index (χ3v) is 3.91. The van der Waals surface area contributed by atoms with Gasteiger partial charge >= 0.3 is 0 Å². The van der Waals surface area contributed by atoms with Crippen LogP contribution in [0.2, 0.25) is 0 Å². The Morgan fingerprint density at radius 2 is 1.55 bits per heavy atom. The Labute approximate surface area is 132 Å². The zero-order valence-electron chi connectivity index (χ0n) is 12.9. The number of rotatable bonds is 3. The van der Waals surface area contributed by atoms with Crippen molar-refractivity contribution < 1.29 is 0 Å². The zero-order chi connectivity index (χ0) is 15.4. The molecule has 0 N–H and O–H groups in total. The maximum absolute atomic E-state index is 4.84. The molecule has 22 heavy (non-hydrogen) atoms. The van der Waals surface area contributed by atoms with Gasteiger partial charge in [0.2, 0.25) is 0 Å². The molecule has 2 aromatic carbocycles. The van der Waals surface area contributed by atoms with Gasteiger partial charge in [-0.05, 0) is 41.5 Å². The first kappa shape index (κ1) is 14.3. The van der Waals surface area contributed by atoms with E-state index in [2.05, 4.69) is 59.5 Å². The first-order valence-corrected chi connectivity index (χ1v) is 7.36. The van der Waals surface area contributed by atoms with Crippen LogP contribution >= 0.6 is 0 Å². The number of benzene rings is 2. The molecular weight excluding hydrogens is 268 g/mol. The average molecular weight is 287 g/mol. The Bertz CT molecular complexity index is 691. The number of hydrogen-bond acceptors (Lipinski definition) is 2. The number of aliphatic imine (C=N–C) groups is 1. The SMILES string of the molecule is CN(C)c1ccc(C2(c3cc[c]cc3)C=CC=CC=N2)cc1. The third kappa shape index (κ3) is 2.60. The van der Waals surface area contributed by atoms with E-state index in [4.69, 9.17) is 4.99 Å². The predicted molar refractivity (Wildman–Crippen MR) is 93.6 cm³/mol. The van der Waals surface area contributed by atoms with Crippen molar-refractivity contribution in [3.63, 3.8) is 0 Å². The van der Waals surface area contributed by atoms with Crippen LogP contribution in [-0.4, -0.2) is 20.3 Å². The van der Waals surface area contributed by atoms with E-state index >= 15 is 0 Å². The van der Waals surface area contributed by atoms with E-state index in [9.17, 15) is 0 Å². The van der Waals surface area contributed by atoms with E-state index in [1.807, 2.05) is 44.6 Å². The maximum Gasteiger partial charge on any atom is 0.129 e. The number of hydrogen-bond donors (Lipinski definition) is 0. The normalized spacial score (nSPS) is 19.9. The van der Waals surface area contributed by atoms with Crippen LogP contribution < -0.4 is 4.90 Å². The molecule has 1 aliphatic heterocycles. The molecule has 3 rings (SSSR count). The Morgan fingerprint density at radius 1 is 0.864 bits per heavy atom. The Kier molecular flexibility index (Phi) is 3.92. The molecule has 0 spiro atoms. The fraction of sp³-hybridized carbons (Fsp3) is 0.150.